The summed E-state index contributed by atoms with van der Waals surface area (Å²) in [6.45, 7) is 1.71. The monoisotopic (exact) mass is 381 g/mol. The molecule has 0 atom stereocenters. The van der Waals surface area contributed by atoms with Crippen molar-refractivity contribution in [3.05, 3.63) is 42.7 Å². The molecule has 1 aliphatic rings. The molecule has 2 aromatic heterocycles. The highest BCUT2D eigenvalue weighted by atomic mass is 16.5. The number of rotatable bonds is 6. The van der Waals surface area contributed by atoms with Crippen molar-refractivity contribution in [2.45, 2.75) is 18.9 Å². The molecule has 0 unspecified atom stereocenters. The van der Waals surface area contributed by atoms with Crippen molar-refractivity contribution >= 4 is 11.7 Å². The first-order valence-electron chi connectivity index (χ1n) is 9.24. The van der Waals surface area contributed by atoms with Gasteiger partial charge in [0.1, 0.15) is 0 Å². The van der Waals surface area contributed by atoms with E-state index in [1.165, 1.54) is 0 Å². The zero-order valence-corrected chi connectivity index (χ0v) is 16.0. The van der Waals surface area contributed by atoms with Crippen molar-refractivity contribution in [1.29, 1.82) is 0 Å². The minimum atomic E-state index is 0.411. The molecular formula is C20H23N5O3. The minimum Gasteiger partial charge on any atom is -0.493 e. The largest absolute Gasteiger partial charge is 0.493 e. The van der Waals surface area contributed by atoms with E-state index in [1.54, 1.807) is 20.4 Å². The van der Waals surface area contributed by atoms with E-state index in [9.17, 15) is 0 Å². The fraction of sp³-hybridized carbons (Fsp3) is 0.350. The van der Waals surface area contributed by atoms with Gasteiger partial charge in [-0.1, -0.05) is 5.16 Å². The Bertz CT molecular complexity index is 907. The van der Waals surface area contributed by atoms with Crippen LogP contribution in [0.15, 0.2) is 47.2 Å². The summed E-state index contributed by atoms with van der Waals surface area (Å²) in [5, 5.41) is 7.66. The van der Waals surface area contributed by atoms with Gasteiger partial charge in [0, 0.05) is 37.1 Å². The molecule has 3 aromatic rings. The molecule has 0 amide bonds. The van der Waals surface area contributed by atoms with Gasteiger partial charge in [-0.15, -0.1) is 0 Å². The third kappa shape index (κ3) is 3.85. The predicted molar refractivity (Wildman–Crippen MR) is 106 cm³/mol. The summed E-state index contributed by atoms with van der Waals surface area (Å²) in [6, 6.07) is 10.5. The number of hydrogen-bond donors (Lipinski definition) is 1. The number of nitrogens with one attached hydrogen (secondary N) is 1. The molecule has 0 saturated carbocycles. The summed E-state index contributed by atoms with van der Waals surface area (Å²) in [7, 11) is 3.21. The Hall–Kier alpha value is -3.29. The number of nitrogens with zero attached hydrogens (tertiary/aromatic N) is 4. The summed E-state index contributed by atoms with van der Waals surface area (Å²) in [4.78, 5) is 10.8. The Balaban J connectivity index is 1.40. The van der Waals surface area contributed by atoms with Crippen molar-refractivity contribution in [2.75, 3.05) is 37.5 Å². The highest BCUT2D eigenvalue weighted by Gasteiger charge is 2.23. The van der Waals surface area contributed by atoms with Crippen LogP contribution in [-0.4, -0.2) is 48.5 Å². The molecule has 1 saturated heterocycles. The van der Waals surface area contributed by atoms with Crippen molar-refractivity contribution in [3.8, 4) is 22.9 Å². The maximum atomic E-state index is 5.50. The molecule has 0 radical (unpaired) electrons. The standard InChI is InChI=1S/C20H23N5O3/c1-26-17-6-5-14(12-18(17)27-2)19-23-20(28-24-19)25-10-7-15(8-11-25)22-16-4-3-9-21-13-16/h3-6,9,12-13,15,22H,7-8,10-11H2,1-2H3. The lowest BCUT2D eigenvalue weighted by atomic mass is 10.1. The average Bonchev–Trinajstić information content (AvgIpc) is 3.25. The molecule has 8 heteroatoms. The number of piperidine rings is 1. The smallest absolute Gasteiger partial charge is 0.324 e. The van der Waals surface area contributed by atoms with Gasteiger partial charge in [-0.3, -0.25) is 4.98 Å². The van der Waals surface area contributed by atoms with Gasteiger partial charge in [0.05, 0.1) is 19.9 Å². The van der Waals surface area contributed by atoms with Crippen LogP contribution in [-0.2, 0) is 0 Å². The first kappa shape index (κ1) is 18.1. The zero-order valence-electron chi connectivity index (χ0n) is 16.0. The molecule has 28 heavy (non-hydrogen) atoms. The van der Waals surface area contributed by atoms with Gasteiger partial charge in [-0.05, 0) is 43.2 Å². The maximum Gasteiger partial charge on any atom is 0.324 e. The van der Waals surface area contributed by atoms with E-state index in [0.29, 0.717) is 29.4 Å². The molecular weight excluding hydrogens is 358 g/mol. The molecule has 1 aromatic carbocycles. The topological polar surface area (TPSA) is 85.5 Å². The van der Waals surface area contributed by atoms with Crippen LogP contribution in [0.5, 0.6) is 11.5 Å². The summed E-state index contributed by atoms with van der Waals surface area (Å²) >= 11 is 0. The molecule has 1 N–H and O–H groups in total. The van der Waals surface area contributed by atoms with Crippen molar-refractivity contribution in [3.63, 3.8) is 0 Å². The molecule has 146 valence electrons. The van der Waals surface area contributed by atoms with Gasteiger partial charge < -0.3 is 24.2 Å². The predicted octanol–water partition coefficient (Wildman–Crippen LogP) is 3.23. The molecule has 0 bridgehead atoms. The molecule has 0 aliphatic carbocycles. The molecule has 1 aliphatic heterocycles. The van der Waals surface area contributed by atoms with Gasteiger partial charge in [0.2, 0.25) is 5.82 Å². The molecule has 8 nitrogen and oxygen atoms in total. The van der Waals surface area contributed by atoms with Crippen molar-refractivity contribution in [1.82, 2.24) is 15.1 Å². The van der Waals surface area contributed by atoms with Crippen molar-refractivity contribution < 1.29 is 14.0 Å². The second-order valence-corrected chi connectivity index (χ2v) is 6.62. The Morgan fingerprint density at radius 1 is 1.11 bits per heavy atom. The van der Waals surface area contributed by atoms with Gasteiger partial charge in [-0.2, -0.15) is 4.98 Å². The van der Waals surface area contributed by atoms with E-state index in [2.05, 4.69) is 25.3 Å². The molecule has 1 fully saturated rings. The van der Waals surface area contributed by atoms with E-state index in [-0.39, 0.29) is 0 Å². The first-order valence-corrected chi connectivity index (χ1v) is 9.24. The van der Waals surface area contributed by atoms with Crippen LogP contribution in [0.4, 0.5) is 11.7 Å². The van der Waals surface area contributed by atoms with Crippen LogP contribution in [0, 0.1) is 0 Å². The van der Waals surface area contributed by atoms with E-state index < -0.39 is 0 Å². The number of aromatic nitrogens is 3. The number of pyridine rings is 1. The Kier molecular flexibility index (Phi) is 5.27. The van der Waals surface area contributed by atoms with Gasteiger partial charge in [0.25, 0.3) is 0 Å². The number of ether oxygens (including phenoxy) is 2. The number of methoxy groups -OCH3 is 2. The van der Waals surface area contributed by atoms with E-state index in [0.717, 1.165) is 37.2 Å². The lowest BCUT2D eigenvalue weighted by molar-refractivity contribution is 0.355. The van der Waals surface area contributed by atoms with Crippen molar-refractivity contribution in [2.24, 2.45) is 0 Å². The fourth-order valence-electron chi connectivity index (χ4n) is 3.34. The van der Waals surface area contributed by atoms with Crippen LogP contribution in [0.25, 0.3) is 11.4 Å². The average molecular weight is 381 g/mol. The Morgan fingerprint density at radius 3 is 2.64 bits per heavy atom. The number of benzene rings is 1. The van der Waals surface area contributed by atoms with Crippen LogP contribution in [0.3, 0.4) is 0 Å². The third-order valence-corrected chi connectivity index (χ3v) is 4.85. The van der Waals surface area contributed by atoms with Crippen LogP contribution in [0.1, 0.15) is 12.8 Å². The quantitative estimate of drug-likeness (QED) is 0.697. The normalized spacial score (nSPS) is 14.7. The van der Waals surface area contributed by atoms with E-state index in [4.69, 9.17) is 14.0 Å². The van der Waals surface area contributed by atoms with Crippen LogP contribution >= 0.6 is 0 Å². The lowest BCUT2D eigenvalue weighted by Crippen LogP contribution is -2.39. The first-order chi connectivity index (χ1) is 13.8. The van der Waals surface area contributed by atoms with Crippen LogP contribution < -0.4 is 19.7 Å². The summed E-state index contributed by atoms with van der Waals surface area (Å²) < 4.78 is 16.1. The number of hydrogen-bond acceptors (Lipinski definition) is 8. The zero-order chi connectivity index (χ0) is 19.3. The highest BCUT2D eigenvalue weighted by Crippen LogP contribution is 2.32. The summed E-state index contributed by atoms with van der Waals surface area (Å²) in [5.74, 6) is 1.83. The molecule has 0 spiro atoms. The highest BCUT2D eigenvalue weighted by molar-refractivity contribution is 5.61. The maximum absolute atomic E-state index is 5.50. The van der Waals surface area contributed by atoms with E-state index in [1.807, 2.05) is 36.5 Å². The third-order valence-electron chi connectivity index (χ3n) is 4.85. The molecule has 4 rings (SSSR count). The van der Waals surface area contributed by atoms with Gasteiger partial charge in [0.15, 0.2) is 11.5 Å². The van der Waals surface area contributed by atoms with Gasteiger partial charge >= 0.3 is 6.01 Å². The van der Waals surface area contributed by atoms with Crippen LogP contribution in [0.2, 0.25) is 0 Å². The SMILES string of the molecule is COc1ccc(-c2noc(N3CCC(Nc4cccnc4)CC3)n2)cc1OC. The number of anilines is 2. The Labute approximate surface area is 163 Å². The summed E-state index contributed by atoms with van der Waals surface area (Å²) in [6.07, 6.45) is 5.60. The Morgan fingerprint density at radius 2 is 1.93 bits per heavy atom. The summed E-state index contributed by atoms with van der Waals surface area (Å²) in [5.41, 5.74) is 1.87. The second-order valence-electron chi connectivity index (χ2n) is 6.62. The van der Waals surface area contributed by atoms with Gasteiger partial charge in [-0.25, -0.2) is 0 Å². The minimum absolute atomic E-state index is 0.411. The lowest BCUT2D eigenvalue weighted by Gasteiger charge is -2.31. The fourth-order valence-corrected chi connectivity index (χ4v) is 3.34. The molecule has 3 heterocycles. The second kappa shape index (κ2) is 8.16. The van der Waals surface area contributed by atoms with E-state index >= 15 is 0 Å².